The fraction of sp³-hybridized carbons (Fsp3) is 0.575. The Morgan fingerprint density at radius 3 is 1.91 bits per heavy atom. The normalized spacial score (nSPS) is 18.1. The summed E-state index contributed by atoms with van der Waals surface area (Å²) >= 11 is 1.42. The van der Waals surface area contributed by atoms with Crippen molar-refractivity contribution in [2.24, 2.45) is 16.2 Å². The number of aliphatic hydroxyl groups excluding tert-OH is 3. The van der Waals surface area contributed by atoms with Crippen LogP contribution < -0.4 is 21.3 Å². The average Bonchev–Trinajstić information content (AvgIpc) is 3.44. The maximum absolute atomic E-state index is 14.3. The van der Waals surface area contributed by atoms with Crippen LogP contribution in [0.15, 0.2) is 60.7 Å². The summed E-state index contributed by atoms with van der Waals surface area (Å²) in [5, 5.41) is 42.6. The van der Waals surface area contributed by atoms with E-state index in [2.05, 4.69) is 21.3 Å². The minimum Gasteiger partial charge on any atom is -0.395 e. The Labute approximate surface area is 323 Å². The zero-order valence-corrected chi connectivity index (χ0v) is 33.8. The predicted molar refractivity (Wildman–Crippen MR) is 209 cm³/mol. The summed E-state index contributed by atoms with van der Waals surface area (Å²) in [6.45, 7) is 15.3. The number of amides is 5. The van der Waals surface area contributed by atoms with Crippen LogP contribution in [0.2, 0.25) is 0 Å². The van der Waals surface area contributed by atoms with Crippen LogP contribution in [-0.2, 0) is 30.4 Å². The van der Waals surface area contributed by atoms with Crippen molar-refractivity contribution in [2.75, 3.05) is 25.6 Å². The molecule has 1 aliphatic rings. The molecule has 0 aromatic heterocycles. The molecule has 1 aliphatic heterocycles. The molecule has 0 bridgehead atoms. The molecule has 1 saturated heterocycles. The summed E-state index contributed by atoms with van der Waals surface area (Å²) in [5.41, 5.74) is -1.57. The molecular formula is C40H59N5O8S. The van der Waals surface area contributed by atoms with E-state index < -0.39 is 82.7 Å². The highest BCUT2D eigenvalue weighted by Gasteiger charge is 2.50. The zero-order chi connectivity index (χ0) is 40.6. The highest BCUT2D eigenvalue weighted by molar-refractivity contribution is 8.00. The molecule has 1 heterocycles. The van der Waals surface area contributed by atoms with Crippen LogP contribution in [0.25, 0.3) is 0 Å². The minimum absolute atomic E-state index is 0.0547. The largest absolute Gasteiger partial charge is 0.395 e. The van der Waals surface area contributed by atoms with Crippen molar-refractivity contribution in [3.8, 4) is 0 Å². The quantitative estimate of drug-likeness (QED) is 0.142. The molecule has 0 saturated carbocycles. The first kappa shape index (κ1) is 44.4. The molecule has 1 fully saturated rings. The van der Waals surface area contributed by atoms with Crippen molar-refractivity contribution in [2.45, 2.75) is 104 Å². The van der Waals surface area contributed by atoms with Gasteiger partial charge in [-0.3, -0.25) is 24.0 Å². The van der Waals surface area contributed by atoms with Gasteiger partial charge in [0, 0.05) is 11.3 Å². The van der Waals surface area contributed by atoms with Crippen molar-refractivity contribution >= 4 is 41.3 Å². The third kappa shape index (κ3) is 11.5. The number of aliphatic hydroxyl groups is 3. The maximum Gasteiger partial charge on any atom is 0.254 e. The van der Waals surface area contributed by atoms with Crippen LogP contribution in [0.1, 0.15) is 79.5 Å². The van der Waals surface area contributed by atoms with Crippen molar-refractivity contribution in [3.63, 3.8) is 0 Å². The topological polar surface area (TPSA) is 197 Å². The number of thioether (sulfide) groups is 1. The molecule has 13 nitrogen and oxygen atoms in total. The number of hydrogen-bond acceptors (Lipinski definition) is 9. The van der Waals surface area contributed by atoms with Gasteiger partial charge < -0.3 is 41.5 Å². The Balaban J connectivity index is 1.94. The lowest BCUT2D eigenvalue weighted by Crippen LogP contribution is -2.62. The summed E-state index contributed by atoms with van der Waals surface area (Å²) in [4.78, 5) is 70.6. The van der Waals surface area contributed by atoms with E-state index in [1.807, 2.05) is 40.7 Å². The third-order valence-corrected chi connectivity index (χ3v) is 10.8. The van der Waals surface area contributed by atoms with E-state index in [0.29, 0.717) is 12.1 Å². The standard InChI is InChI=1S/C40H59N5O8S/c1-37(2,3)21-41-34(51)31-39(7,8)54-24-45(31)35(52)29(48)27(20-25-16-12-10-13-17-25)42-33(50)30(38(4,5)6)44-32(49)28(26-18-14-11-15-19-26)43-36(53)40(9,22-46)23-47/h10-19,27-31,46-48H,20-24H2,1-9H3,(H,41,51)(H,42,50)(H,43,53)(H,44,49)/t27-,28-,29-,30+,31+/m0/s1. The Morgan fingerprint density at radius 1 is 0.833 bits per heavy atom. The van der Waals surface area contributed by atoms with Crippen LogP contribution in [0.4, 0.5) is 0 Å². The lowest BCUT2D eigenvalue weighted by atomic mass is 9.85. The van der Waals surface area contributed by atoms with Gasteiger partial charge in [0.15, 0.2) is 6.10 Å². The van der Waals surface area contributed by atoms with Gasteiger partial charge in [-0.1, -0.05) is 102 Å². The van der Waals surface area contributed by atoms with Gasteiger partial charge in [0.05, 0.1) is 30.5 Å². The summed E-state index contributed by atoms with van der Waals surface area (Å²) in [6.07, 6.45) is -1.71. The van der Waals surface area contributed by atoms with Crippen LogP contribution in [0.3, 0.4) is 0 Å². The second-order valence-corrected chi connectivity index (χ2v) is 18.7. The first-order chi connectivity index (χ1) is 25.0. The predicted octanol–water partition coefficient (Wildman–Crippen LogP) is 2.30. The van der Waals surface area contributed by atoms with E-state index in [-0.39, 0.29) is 23.6 Å². The van der Waals surface area contributed by atoms with Crippen molar-refractivity contribution in [3.05, 3.63) is 71.8 Å². The van der Waals surface area contributed by atoms with Gasteiger partial charge in [-0.15, -0.1) is 11.8 Å². The molecule has 0 spiro atoms. The molecule has 0 aliphatic carbocycles. The zero-order valence-electron chi connectivity index (χ0n) is 32.9. The van der Waals surface area contributed by atoms with Gasteiger partial charge in [-0.2, -0.15) is 0 Å². The van der Waals surface area contributed by atoms with Crippen LogP contribution >= 0.6 is 11.8 Å². The molecule has 298 valence electrons. The molecule has 2 aromatic carbocycles. The summed E-state index contributed by atoms with van der Waals surface area (Å²) in [5.74, 6) is -3.09. The summed E-state index contributed by atoms with van der Waals surface area (Å²) in [7, 11) is 0. The first-order valence-corrected chi connectivity index (χ1v) is 19.2. The summed E-state index contributed by atoms with van der Waals surface area (Å²) in [6, 6.07) is 12.8. The first-order valence-electron chi connectivity index (χ1n) is 18.2. The van der Waals surface area contributed by atoms with E-state index in [1.54, 1.807) is 75.4 Å². The second kappa shape index (κ2) is 18.1. The Bertz CT molecular complexity index is 1610. The number of benzene rings is 2. The molecule has 14 heteroatoms. The minimum atomic E-state index is -1.76. The maximum atomic E-state index is 14.3. The van der Waals surface area contributed by atoms with Crippen LogP contribution in [-0.4, -0.2) is 104 Å². The molecule has 3 rings (SSSR count). The van der Waals surface area contributed by atoms with Crippen molar-refractivity contribution in [1.82, 2.24) is 26.2 Å². The lowest BCUT2D eigenvalue weighted by molar-refractivity contribution is -0.148. The molecular weight excluding hydrogens is 711 g/mol. The van der Waals surface area contributed by atoms with E-state index in [4.69, 9.17) is 0 Å². The molecule has 2 aromatic rings. The Hall–Kier alpha value is -3.98. The molecule has 5 amide bonds. The van der Waals surface area contributed by atoms with Crippen molar-refractivity contribution in [1.29, 1.82) is 0 Å². The van der Waals surface area contributed by atoms with E-state index in [1.165, 1.54) is 23.6 Å². The Kier molecular flexibility index (Phi) is 14.9. The third-order valence-electron chi connectivity index (χ3n) is 9.46. The number of hydrogen-bond donors (Lipinski definition) is 7. The van der Waals surface area contributed by atoms with Crippen molar-refractivity contribution < 1.29 is 39.3 Å². The number of nitrogens with one attached hydrogen (secondary N) is 4. The SMILES string of the molecule is CC(C)(C)CNC(=O)[C@H]1N(C(=O)[C@@H](O)[C@H](Cc2ccccc2)NC(=O)[C@@H](NC(=O)[C@@H](NC(=O)C(C)(CO)CO)c2ccccc2)C(C)(C)C)CSC1(C)C. The monoisotopic (exact) mass is 769 g/mol. The highest BCUT2D eigenvalue weighted by atomic mass is 32.2. The van der Waals surface area contributed by atoms with Gasteiger partial charge in [-0.25, -0.2) is 0 Å². The van der Waals surface area contributed by atoms with E-state index in [9.17, 15) is 39.3 Å². The fourth-order valence-electron chi connectivity index (χ4n) is 5.93. The number of carbonyl (C=O) groups excluding carboxylic acids is 5. The van der Waals surface area contributed by atoms with Gasteiger partial charge >= 0.3 is 0 Å². The smallest absolute Gasteiger partial charge is 0.254 e. The molecule has 0 unspecified atom stereocenters. The molecule has 5 atom stereocenters. The van der Waals surface area contributed by atoms with E-state index in [0.717, 1.165) is 5.56 Å². The van der Waals surface area contributed by atoms with Crippen LogP contribution in [0, 0.1) is 16.2 Å². The second-order valence-electron chi connectivity index (χ2n) is 17.1. The molecule has 7 N–H and O–H groups in total. The number of rotatable bonds is 15. The lowest BCUT2D eigenvalue weighted by Gasteiger charge is -2.36. The van der Waals surface area contributed by atoms with Gasteiger partial charge in [0.25, 0.3) is 5.91 Å². The number of nitrogens with zero attached hydrogens (tertiary/aromatic N) is 1. The average molecular weight is 770 g/mol. The van der Waals surface area contributed by atoms with E-state index >= 15 is 0 Å². The van der Waals surface area contributed by atoms with Gasteiger partial charge in [-0.05, 0) is 49.1 Å². The molecule has 54 heavy (non-hydrogen) atoms. The fourth-order valence-corrected chi connectivity index (χ4v) is 7.07. The van der Waals surface area contributed by atoms with Gasteiger partial charge in [0.2, 0.25) is 23.6 Å². The van der Waals surface area contributed by atoms with Crippen LogP contribution in [0.5, 0.6) is 0 Å². The molecule has 0 radical (unpaired) electrons. The number of carbonyl (C=O) groups is 5. The van der Waals surface area contributed by atoms with Gasteiger partial charge in [0.1, 0.15) is 18.1 Å². The highest BCUT2D eigenvalue weighted by Crippen LogP contribution is 2.40. The summed E-state index contributed by atoms with van der Waals surface area (Å²) < 4.78 is -0.659. The Morgan fingerprint density at radius 2 is 1.39 bits per heavy atom.